The van der Waals surface area contributed by atoms with E-state index in [9.17, 15) is 4.79 Å². The normalized spacial score (nSPS) is 10.5. The number of benzene rings is 2. The Balaban J connectivity index is 1.71. The molecule has 1 amide bonds. The summed E-state index contributed by atoms with van der Waals surface area (Å²) < 4.78 is 5.87. The summed E-state index contributed by atoms with van der Waals surface area (Å²) >= 11 is 6.18. The van der Waals surface area contributed by atoms with Gasteiger partial charge in [0, 0.05) is 16.4 Å². The zero-order valence-corrected chi connectivity index (χ0v) is 16.1. The second kappa shape index (κ2) is 7.68. The van der Waals surface area contributed by atoms with Crippen LogP contribution in [0.25, 0.3) is 0 Å². The Morgan fingerprint density at radius 3 is 2.22 bits per heavy atom. The number of aryl methyl sites for hydroxylation is 3. The van der Waals surface area contributed by atoms with Gasteiger partial charge in [0.25, 0.3) is 5.91 Å². The van der Waals surface area contributed by atoms with Crippen molar-refractivity contribution in [1.82, 2.24) is 4.98 Å². The molecule has 0 bridgehead atoms. The van der Waals surface area contributed by atoms with Crippen LogP contribution in [0.2, 0.25) is 5.02 Å². The maximum Gasteiger partial charge on any atom is 0.259 e. The maximum absolute atomic E-state index is 12.4. The van der Waals surface area contributed by atoms with Crippen molar-refractivity contribution >= 4 is 29.0 Å². The Hall–Kier alpha value is -3.05. The minimum atomic E-state index is -0.308. The molecule has 3 aromatic rings. The molecule has 0 saturated heterocycles. The van der Waals surface area contributed by atoms with Crippen molar-refractivity contribution in [2.75, 3.05) is 11.1 Å². The van der Waals surface area contributed by atoms with Gasteiger partial charge in [-0.1, -0.05) is 11.6 Å². The van der Waals surface area contributed by atoms with Gasteiger partial charge in [-0.25, -0.2) is 4.98 Å². The highest BCUT2D eigenvalue weighted by Crippen LogP contribution is 2.29. The molecular weight excluding hydrogens is 362 g/mol. The summed E-state index contributed by atoms with van der Waals surface area (Å²) in [6.45, 7) is 5.69. The molecule has 1 heterocycles. The van der Waals surface area contributed by atoms with Crippen molar-refractivity contribution in [3.63, 3.8) is 0 Å². The van der Waals surface area contributed by atoms with Gasteiger partial charge < -0.3 is 15.8 Å². The molecule has 0 saturated carbocycles. The van der Waals surface area contributed by atoms with Gasteiger partial charge >= 0.3 is 0 Å². The van der Waals surface area contributed by atoms with Gasteiger partial charge in [-0.15, -0.1) is 0 Å². The Morgan fingerprint density at radius 2 is 1.63 bits per heavy atom. The van der Waals surface area contributed by atoms with Crippen LogP contribution in [0.15, 0.2) is 48.5 Å². The third-order valence-electron chi connectivity index (χ3n) is 4.07. The lowest BCUT2D eigenvalue weighted by Crippen LogP contribution is -2.15. The van der Waals surface area contributed by atoms with Crippen molar-refractivity contribution in [2.45, 2.75) is 20.8 Å². The fourth-order valence-corrected chi connectivity index (χ4v) is 2.78. The monoisotopic (exact) mass is 381 g/mol. The van der Waals surface area contributed by atoms with Crippen LogP contribution in [0.3, 0.4) is 0 Å². The standard InChI is InChI=1S/C21H20ClN3O2/c1-12-10-17(11-13(2)19(12)22)27-16-7-5-15(6-8-16)25-21(26)18-9-4-14(3)24-20(18)23/h4-11H,1-3H3,(H2,23,24)(H,25,26). The molecule has 0 fully saturated rings. The molecule has 0 aliphatic carbocycles. The van der Waals surface area contributed by atoms with E-state index < -0.39 is 0 Å². The van der Waals surface area contributed by atoms with E-state index >= 15 is 0 Å². The highest BCUT2D eigenvalue weighted by atomic mass is 35.5. The van der Waals surface area contributed by atoms with Crippen LogP contribution in [0.1, 0.15) is 27.2 Å². The van der Waals surface area contributed by atoms with Crippen LogP contribution in [0.4, 0.5) is 11.5 Å². The molecule has 3 rings (SSSR count). The SMILES string of the molecule is Cc1ccc(C(=O)Nc2ccc(Oc3cc(C)c(Cl)c(C)c3)cc2)c(N)n1. The first-order chi connectivity index (χ1) is 12.8. The van der Waals surface area contributed by atoms with Crippen LogP contribution in [0.5, 0.6) is 11.5 Å². The first-order valence-electron chi connectivity index (χ1n) is 8.42. The number of anilines is 2. The number of aromatic nitrogens is 1. The molecule has 0 unspecified atom stereocenters. The van der Waals surface area contributed by atoms with E-state index in [1.54, 1.807) is 36.4 Å². The number of hydrogen-bond acceptors (Lipinski definition) is 4. The summed E-state index contributed by atoms with van der Waals surface area (Å²) in [7, 11) is 0. The molecule has 0 radical (unpaired) electrons. The largest absolute Gasteiger partial charge is 0.457 e. The summed E-state index contributed by atoms with van der Waals surface area (Å²) in [5, 5.41) is 3.54. The van der Waals surface area contributed by atoms with Crippen LogP contribution in [-0.4, -0.2) is 10.9 Å². The van der Waals surface area contributed by atoms with E-state index in [4.69, 9.17) is 22.1 Å². The van der Waals surface area contributed by atoms with Crippen molar-refractivity contribution in [3.05, 3.63) is 75.9 Å². The number of nitrogens with one attached hydrogen (secondary N) is 1. The second-order valence-electron chi connectivity index (χ2n) is 6.34. The third-order valence-corrected chi connectivity index (χ3v) is 4.66. The average molecular weight is 382 g/mol. The lowest BCUT2D eigenvalue weighted by Gasteiger charge is -2.11. The number of carbonyl (C=O) groups is 1. The van der Waals surface area contributed by atoms with Crippen molar-refractivity contribution in [2.24, 2.45) is 0 Å². The lowest BCUT2D eigenvalue weighted by atomic mass is 10.1. The number of rotatable bonds is 4. The highest BCUT2D eigenvalue weighted by molar-refractivity contribution is 6.32. The first-order valence-corrected chi connectivity index (χ1v) is 8.80. The topological polar surface area (TPSA) is 77.2 Å². The molecule has 1 aromatic heterocycles. The third kappa shape index (κ3) is 4.38. The van der Waals surface area contributed by atoms with Crippen LogP contribution < -0.4 is 15.8 Å². The number of amides is 1. The highest BCUT2D eigenvalue weighted by Gasteiger charge is 2.11. The lowest BCUT2D eigenvalue weighted by molar-refractivity contribution is 0.102. The van der Waals surface area contributed by atoms with Crippen LogP contribution in [0, 0.1) is 20.8 Å². The van der Waals surface area contributed by atoms with Gasteiger partial charge in [0.1, 0.15) is 17.3 Å². The number of pyridine rings is 1. The number of nitrogens with zero attached hydrogens (tertiary/aromatic N) is 1. The molecular formula is C21H20ClN3O2. The molecule has 0 aliphatic rings. The van der Waals surface area contributed by atoms with E-state index in [0.29, 0.717) is 22.7 Å². The summed E-state index contributed by atoms with van der Waals surface area (Å²) in [5.41, 5.74) is 9.47. The predicted molar refractivity (Wildman–Crippen MR) is 109 cm³/mol. The van der Waals surface area contributed by atoms with Gasteiger partial charge in [0.15, 0.2) is 0 Å². The Kier molecular flexibility index (Phi) is 5.33. The fraction of sp³-hybridized carbons (Fsp3) is 0.143. The number of hydrogen-bond donors (Lipinski definition) is 2. The van der Waals surface area contributed by atoms with Gasteiger partial charge in [-0.3, -0.25) is 4.79 Å². The minimum absolute atomic E-state index is 0.209. The summed E-state index contributed by atoms with van der Waals surface area (Å²) in [4.78, 5) is 16.5. The van der Waals surface area contributed by atoms with Crippen molar-refractivity contribution in [1.29, 1.82) is 0 Å². The molecule has 0 spiro atoms. The maximum atomic E-state index is 12.4. The van der Waals surface area contributed by atoms with E-state index in [1.807, 2.05) is 32.9 Å². The zero-order chi connectivity index (χ0) is 19.6. The van der Waals surface area contributed by atoms with Crippen LogP contribution in [-0.2, 0) is 0 Å². The summed E-state index contributed by atoms with van der Waals surface area (Å²) in [6.07, 6.45) is 0. The molecule has 2 aromatic carbocycles. The Morgan fingerprint density at radius 1 is 1.00 bits per heavy atom. The quantitative estimate of drug-likeness (QED) is 0.643. The molecule has 27 heavy (non-hydrogen) atoms. The Bertz CT molecular complexity index is 978. The van der Waals surface area contributed by atoms with Gasteiger partial charge in [-0.05, 0) is 80.4 Å². The number of carbonyl (C=O) groups excluding carboxylic acids is 1. The van der Waals surface area contributed by atoms with Crippen molar-refractivity contribution < 1.29 is 9.53 Å². The molecule has 0 aliphatic heterocycles. The molecule has 5 nitrogen and oxygen atoms in total. The van der Waals surface area contributed by atoms with Gasteiger partial charge in [0.2, 0.25) is 0 Å². The van der Waals surface area contributed by atoms with E-state index in [1.165, 1.54) is 0 Å². The molecule has 3 N–H and O–H groups in total. The molecule has 0 atom stereocenters. The van der Waals surface area contributed by atoms with E-state index in [2.05, 4.69) is 10.3 Å². The first kappa shape index (κ1) is 18.7. The van der Waals surface area contributed by atoms with Crippen LogP contribution >= 0.6 is 11.6 Å². The fourth-order valence-electron chi connectivity index (χ4n) is 2.67. The molecule has 6 heteroatoms. The smallest absolute Gasteiger partial charge is 0.259 e. The van der Waals surface area contributed by atoms with Gasteiger partial charge in [-0.2, -0.15) is 0 Å². The number of nitrogens with two attached hydrogens (primary N) is 1. The zero-order valence-electron chi connectivity index (χ0n) is 15.3. The minimum Gasteiger partial charge on any atom is -0.457 e. The molecule has 138 valence electrons. The Labute approximate surface area is 163 Å². The number of ether oxygens (including phenoxy) is 1. The second-order valence-corrected chi connectivity index (χ2v) is 6.72. The van der Waals surface area contributed by atoms with E-state index in [0.717, 1.165) is 21.8 Å². The van der Waals surface area contributed by atoms with Gasteiger partial charge in [0.05, 0.1) is 5.56 Å². The predicted octanol–water partition coefficient (Wildman–Crippen LogP) is 5.29. The summed E-state index contributed by atoms with van der Waals surface area (Å²) in [6, 6.07) is 14.3. The summed E-state index contributed by atoms with van der Waals surface area (Å²) in [5.74, 6) is 1.27. The average Bonchev–Trinajstić information content (AvgIpc) is 2.61. The van der Waals surface area contributed by atoms with E-state index in [-0.39, 0.29) is 11.7 Å². The number of halogens is 1. The number of nitrogen functional groups attached to an aromatic ring is 1. The van der Waals surface area contributed by atoms with Crippen molar-refractivity contribution in [3.8, 4) is 11.5 Å².